The molecule has 0 unspecified atom stereocenters. The number of ether oxygens (including phenoxy) is 1. The van der Waals surface area contributed by atoms with Gasteiger partial charge in [0.1, 0.15) is 23.2 Å². The second kappa shape index (κ2) is 8.27. The second-order valence-electron chi connectivity index (χ2n) is 5.56. The van der Waals surface area contributed by atoms with Crippen LogP contribution in [0.15, 0.2) is 60.8 Å². The lowest BCUT2D eigenvalue weighted by molar-refractivity contribution is 0.102. The Kier molecular flexibility index (Phi) is 5.61. The van der Waals surface area contributed by atoms with E-state index in [4.69, 9.17) is 4.74 Å². The number of nitrogens with zero attached hydrogens (tertiary/aromatic N) is 1. The van der Waals surface area contributed by atoms with Gasteiger partial charge in [0.2, 0.25) is 0 Å². The van der Waals surface area contributed by atoms with Crippen molar-refractivity contribution in [1.29, 1.82) is 0 Å². The molecule has 27 heavy (non-hydrogen) atoms. The zero-order valence-corrected chi connectivity index (χ0v) is 14.5. The van der Waals surface area contributed by atoms with Gasteiger partial charge in [-0.3, -0.25) is 4.79 Å². The largest absolute Gasteiger partial charge is 0.492 e. The molecule has 0 aliphatic rings. The van der Waals surface area contributed by atoms with Gasteiger partial charge in [0, 0.05) is 17.8 Å². The Hall–Kier alpha value is -3.48. The Morgan fingerprint density at radius 2 is 1.89 bits per heavy atom. The highest BCUT2D eigenvalue weighted by Gasteiger charge is 2.11. The SMILES string of the molecule is CCOc1ccccc1NC(=O)c1ccnc(Nc2ccc(F)cc2F)c1. The fraction of sp³-hybridized carbons (Fsp3) is 0.100. The molecule has 0 aliphatic heterocycles. The summed E-state index contributed by atoms with van der Waals surface area (Å²) in [5.41, 5.74) is 0.921. The first-order valence-corrected chi connectivity index (χ1v) is 8.28. The Bertz CT molecular complexity index is 963. The van der Waals surface area contributed by atoms with E-state index in [1.54, 1.807) is 18.2 Å². The van der Waals surface area contributed by atoms with Gasteiger partial charge in [-0.1, -0.05) is 12.1 Å². The van der Waals surface area contributed by atoms with Crippen molar-refractivity contribution in [3.63, 3.8) is 0 Å². The maximum Gasteiger partial charge on any atom is 0.255 e. The Labute approximate surface area is 155 Å². The first-order valence-electron chi connectivity index (χ1n) is 8.28. The van der Waals surface area contributed by atoms with Gasteiger partial charge in [0.05, 0.1) is 18.0 Å². The first kappa shape index (κ1) is 18.3. The van der Waals surface area contributed by atoms with Crippen LogP contribution in [0, 0.1) is 11.6 Å². The number of rotatable bonds is 6. The average Bonchev–Trinajstić information content (AvgIpc) is 2.66. The lowest BCUT2D eigenvalue weighted by Gasteiger charge is -2.12. The second-order valence-corrected chi connectivity index (χ2v) is 5.56. The molecule has 1 amide bonds. The molecule has 5 nitrogen and oxygen atoms in total. The maximum atomic E-state index is 13.8. The van der Waals surface area contributed by atoms with Gasteiger partial charge in [-0.2, -0.15) is 0 Å². The number of carbonyl (C=O) groups is 1. The molecule has 0 saturated carbocycles. The van der Waals surface area contributed by atoms with E-state index in [9.17, 15) is 13.6 Å². The number of pyridine rings is 1. The summed E-state index contributed by atoms with van der Waals surface area (Å²) < 4.78 is 32.3. The highest BCUT2D eigenvalue weighted by atomic mass is 19.1. The minimum Gasteiger partial charge on any atom is -0.492 e. The van der Waals surface area contributed by atoms with Crippen LogP contribution < -0.4 is 15.4 Å². The Morgan fingerprint density at radius 1 is 1.07 bits per heavy atom. The first-order chi connectivity index (χ1) is 13.1. The number of hydrogen-bond acceptors (Lipinski definition) is 4. The Morgan fingerprint density at radius 3 is 2.67 bits per heavy atom. The summed E-state index contributed by atoms with van der Waals surface area (Å²) in [6.45, 7) is 2.33. The van der Waals surface area contributed by atoms with E-state index < -0.39 is 11.6 Å². The molecule has 3 rings (SSSR count). The molecule has 2 aromatic carbocycles. The quantitative estimate of drug-likeness (QED) is 0.658. The van der Waals surface area contributed by atoms with Crippen molar-refractivity contribution in [2.45, 2.75) is 6.92 Å². The predicted octanol–water partition coefficient (Wildman–Crippen LogP) is 4.75. The predicted molar refractivity (Wildman–Crippen MR) is 99.4 cm³/mol. The standard InChI is InChI=1S/C20H17F2N3O2/c1-2-27-18-6-4-3-5-17(18)25-20(26)13-9-10-23-19(11-13)24-16-8-7-14(21)12-15(16)22/h3-12H,2H2,1H3,(H,23,24)(H,25,26). The molecule has 1 heterocycles. The zero-order chi connectivity index (χ0) is 19.2. The van der Waals surface area contributed by atoms with Crippen LogP contribution in [0.4, 0.5) is 26.0 Å². The van der Waals surface area contributed by atoms with E-state index in [1.165, 1.54) is 24.4 Å². The fourth-order valence-electron chi connectivity index (χ4n) is 2.41. The average molecular weight is 369 g/mol. The number of aromatic nitrogens is 1. The van der Waals surface area contributed by atoms with E-state index in [-0.39, 0.29) is 17.4 Å². The summed E-state index contributed by atoms with van der Waals surface area (Å²) in [7, 11) is 0. The molecule has 0 saturated heterocycles. The number of carbonyl (C=O) groups excluding carboxylic acids is 1. The van der Waals surface area contributed by atoms with E-state index in [0.29, 0.717) is 23.6 Å². The zero-order valence-electron chi connectivity index (χ0n) is 14.5. The number of para-hydroxylation sites is 2. The monoisotopic (exact) mass is 369 g/mol. The Balaban J connectivity index is 1.78. The van der Waals surface area contributed by atoms with Gasteiger partial charge in [-0.15, -0.1) is 0 Å². The van der Waals surface area contributed by atoms with E-state index in [0.717, 1.165) is 12.1 Å². The van der Waals surface area contributed by atoms with Crippen LogP contribution in [0.25, 0.3) is 0 Å². The molecule has 0 atom stereocenters. The van der Waals surface area contributed by atoms with Crippen LogP contribution in [0.2, 0.25) is 0 Å². The summed E-state index contributed by atoms with van der Waals surface area (Å²) in [4.78, 5) is 16.6. The van der Waals surface area contributed by atoms with Crippen molar-refractivity contribution in [2.24, 2.45) is 0 Å². The third-order valence-corrected chi connectivity index (χ3v) is 3.65. The number of anilines is 3. The topological polar surface area (TPSA) is 63.2 Å². The van der Waals surface area contributed by atoms with Crippen LogP contribution >= 0.6 is 0 Å². The van der Waals surface area contributed by atoms with Gasteiger partial charge < -0.3 is 15.4 Å². The molecular weight excluding hydrogens is 352 g/mol. The van der Waals surface area contributed by atoms with Gasteiger partial charge in [0.15, 0.2) is 0 Å². The smallest absolute Gasteiger partial charge is 0.255 e. The van der Waals surface area contributed by atoms with E-state index in [2.05, 4.69) is 15.6 Å². The van der Waals surface area contributed by atoms with Gasteiger partial charge in [0.25, 0.3) is 5.91 Å². The van der Waals surface area contributed by atoms with Crippen molar-refractivity contribution < 1.29 is 18.3 Å². The van der Waals surface area contributed by atoms with Crippen LogP contribution in [0.5, 0.6) is 5.75 Å². The lowest BCUT2D eigenvalue weighted by atomic mass is 10.2. The number of amides is 1. The molecule has 0 fully saturated rings. The van der Waals surface area contributed by atoms with Gasteiger partial charge in [-0.25, -0.2) is 13.8 Å². The van der Waals surface area contributed by atoms with Gasteiger partial charge >= 0.3 is 0 Å². The van der Waals surface area contributed by atoms with Crippen molar-refractivity contribution in [1.82, 2.24) is 4.98 Å². The number of benzene rings is 2. The fourth-order valence-corrected chi connectivity index (χ4v) is 2.41. The minimum absolute atomic E-state index is 0.0585. The van der Waals surface area contributed by atoms with E-state index >= 15 is 0 Å². The van der Waals surface area contributed by atoms with Crippen LogP contribution in [0.1, 0.15) is 17.3 Å². The summed E-state index contributed by atoms with van der Waals surface area (Å²) in [6, 6.07) is 13.3. The van der Waals surface area contributed by atoms with Crippen molar-refractivity contribution in [3.8, 4) is 5.75 Å². The highest BCUT2D eigenvalue weighted by Crippen LogP contribution is 2.25. The third-order valence-electron chi connectivity index (χ3n) is 3.65. The third kappa shape index (κ3) is 4.58. The highest BCUT2D eigenvalue weighted by molar-refractivity contribution is 6.05. The van der Waals surface area contributed by atoms with Crippen LogP contribution in [-0.4, -0.2) is 17.5 Å². The summed E-state index contributed by atoms with van der Waals surface area (Å²) in [5, 5.41) is 5.51. The van der Waals surface area contributed by atoms with Crippen LogP contribution in [0.3, 0.4) is 0 Å². The normalized spacial score (nSPS) is 10.3. The molecular formula is C20H17F2N3O2. The number of halogens is 2. The van der Waals surface area contributed by atoms with Crippen molar-refractivity contribution in [2.75, 3.05) is 17.2 Å². The molecule has 0 bridgehead atoms. The molecule has 2 N–H and O–H groups in total. The summed E-state index contributed by atoms with van der Waals surface area (Å²) in [6.07, 6.45) is 1.42. The molecule has 0 aliphatic carbocycles. The lowest BCUT2D eigenvalue weighted by Crippen LogP contribution is -2.13. The van der Waals surface area contributed by atoms with E-state index in [1.807, 2.05) is 13.0 Å². The molecule has 7 heteroatoms. The molecule has 138 valence electrons. The summed E-state index contributed by atoms with van der Waals surface area (Å²) in [5.74, 6) is -0.975. The van der Waals surface area contributed by atoms with Gasteiger partial charge in [-0.05, 0) is 43.3 Å². The number of nitrogens with one attached hydrogen (secondary N) is 2. The molecule has 3 aromatic rings. The number of hydrogen-bond donors (Lipinski definition) is 2. The molecule has 0 radical (unpaired) electrons. The minimum atomic E-state index is -0.753. The molecule has 0 spiro atoms. The molecule has 1 aromatic heterocycles. The van der Waals surface area contributed by atoms with Crippen molar-refractivity contribution >= 4 is 23.1 Å². The van der Waals surface area contributed by atoms with Crippen LogP contribution in [-0.2, 0) is 0 Å². The van der Waals surface area contributed by atoms with Crippen molar-refractivity contribution in [3.05, 3.63) is 78.0 Å². The summed E-state index contributed by atoms with van der Waals surface area (Å²) >= 11 is 0. The maximum absolute atomic E-state index is 13.8.